The Balaban J connectivity index is 2.78. The second kappa shape index (κ2) is 4.42. The number of ketones is 1. The first kappa shape index (κ1) is 9.47. The summed E-state index contributed by atoms with van der Waals surface area (Å²) in [6, 6.07) is 5.91. The molecule has 1 aromatic rings. The van der Waals surface area contributed by atoms with Crippen LogP contribution < -0.4 is 0 Å². The second-order valence-electron chi connectivity index (χ2n) is 2.61. The zero-order chi connectivity index (χ0) is 9.68. The van der Waals surface area contributed by atoms with Gasteiger partial charge < -0.3 is 0 Å². The summed E-state index contributed by atoms with van der Waals surface area (Å²) in [6.07, 6.45) is 5.56. The van der Waals surface area contributed by atoms with Gasteiger partial charge >= 0.3 is 0 Å². The van der Waals surface area contributed by atoms with Gasteiger partial charge in [-0.1, -0.05) is 12.1 Å². The fourth-order valence-corrected chi connectivity index (χ4v) is 1.01. The lowest BCUT2D eigenvalue weighted by Gasteiger charge is -1.98. The summed E-state index contributed by atoms with van der Waals surface area (Å²) in [4.78, 5) is 11.3. The van der Waals surface area contributed by atoms with E-state index in [1.165, 1.54) is 12.1 Å². The van der Waals surface area contributed by atoms with Crippen molar-refractivity contribution in [2.24, 2.45) is 0 Å². The lowest BCUT2D eigenvalue weighted by Crippen LogP contribution is -2.01. The van der Waals surface area contributed by atoms with Crippen LogP contribution >= 0.6 is 0 Å². The van der Waals surface area contributed by atoms with Gasteiger partial charge in [-0.25, -0.2) is 4.39 Å². The number of hydrogen-bond acceptors (Lipinski definition) is 1. The van der Waals surface area contributed by atoms with Crippen LogP contribution in [0.5, 0.6) is 0 Å². The summed E-state index contributed by atoms with van der Waals surface area (Å²) in [6.45, 7) is 0. The van der Waals surface area contributed by atoms with E-state index in [0.717, 1.165) is 0 Å². The van der Waals surface area contributed by atoms with E-state index in [1.54, 1.807) is 12.1 Å². The average Bonchev–Trinajstić information content (AvgIpc) is 2.15. The maximum Gasteiger partial charge on any atom is 0.166 e. The Morgan fingerprint density at radius 3 is 2.77 bits per heavy atom. The van der Waals surface area contributed by atoms with Crippen LogP contribution in [-0.4, -0.2) is 5.78 Å². The molecule has 0 heterocycles. The lowest BCUT2D eigenvalue weighted by atomic mass is 10.1. The molecule has 1 rings (SSSR count). The molecule has 0 aliphatic heterocycles. The first-order valence-corrected chi connectivity index (χ1v) is 3.97. The van der Waals surface area contributed by atoms with Crippen LogP contribution in [0.2, 0.25) is 0 Å². The minimum absolute atomic E-state index is 0.123. The summed E-state index contributed by atoms with van der Waals surface area (Å²) in [7, 11) is 0. The van der Waals surface area contributed by atoms with E-state index in [0.29, 0.717) is 6.42 Å². The lowest BCUT2D eigenvalue weighted by molar-refractivity contribution is 0.0980. The third-order valence-corrected chi connectivity index (χ3v) is 1.67. The van der Waals surface area contributed by atoms with Crippen molar-refractivity contribution in [2.75, 3.05) is 0 Å². The zero-order valence-electron chi connectivity index (χ0n) is 7.09. The fraction of sp³-hybridized carbons (Fsp3) is 0.182. The number of halogens is 1. The molecule has 66 valence electrons. The van der Waals surface area contributed by atoms with Gasteiger partial charge in [0.1, 0.15) is 5.82 Å². The molecule has 13 heavy (non-hydrogen) atoms. The van der Waals surface area contributed by atoms with Crippen LogP contribution in [0, 0.1) is 18.2 Å². The van der Waals surface area contributed by atoms with E-state index in [1.807, 2.05) is 0 Å². The number of rotatable bonds is 3. The predicted molar refractivity (Wildman–Crippen MR) is 48.8 cm³/mol. The molecule has 0 fully saturated rings. The van der Waals surface area contributed by atoms with Crippen molar-refractivity contribution in [3.05, 3.63) is 35.6 Å². The maximum absolute atomic E-state index is 13.0. The maximum atomic E-state index is 13.0. The number of benzene rings is 1. The van der Waals surface area contributed by atoms with Gasteiger partial charge in [-0.3, -0.25) is 4.79 Å². The van der Waals surface area contributed by atoms with Crippen LogP contribution in [-0.2, 0) is 0 Å². The number of hydrogen-bond donors (Lipinski definition) is 0. The van der Waals surface area contributed by atoms with Crippen LogP contribution in [0.1, 0.15) is 23.2 Å². The number of carbonyl (C=O) groups is 1. The normalized spacial score (nSPS) is 9.23. The van der Waals surface area contributed by atoms with E-state index >= 15 is 0 Å². The Labute approximate surface area is 76.6 Å². The van der Waals surface area contributed by atoms with E-state index < -0.39 is 5.82 Å². The van der Waals surface area contributed by atoms with Crippen LogP contribution in [0.25, 0.3) is 0 Å². The van der Waals surface area contributed by atoms with Gasteiger partial charge in [0.05, 0.1) is 5.56 Å². The highest BCUT2D eigenvalue weighted by Gasteiger charge is 2.08. The number of carbonyl (C=O) groups excluding carboxylic acids is 1. The van der Waals surface area contributed by atoms with Crippen molar-refractivity contribution < 1.29 is 9.18 Å². The van der Waals surface area contributed by atoms with E-state index in [-0.39, 0.29) is 17.8 Å². The molecular weight excluding hydrogens is 167 g/mol. The number of Topliss-reactive ketones (excluding diaryl/α,β-unsaturated/α-hetero) is 1. The molecule has 0 saturated carbocycles. The topological polar surface area (TPSA) is 17.1 Å². The first-order valence-electron chi connectivity index (χ1n) is 3.97. The van der Waals surface area contributed by atoms with Gasteiger partial charge in [0, 0.05) is 12.8 Å². The third-order valence-electron chi connectivity index (χ3n) is 1.67. The molecule has 0 saturated heterocycles. The van der Waals surface area contributed by atoms with E-state index in [9.17, 15) is 9.18 Å². The summed E-state index contributed by atoms with van der Waals surface area (Å²) in [5.74, 6) is 1.62. The van der Waals surface area contributed by atoms with Gasteiger partial charge in [-0.15, -0.1) is 12.3 Å². The minimum Gasteiger partial charge on any atom is -0.294 e. The Bertz CT molecular complexity index is 349. The summed E-state index contributed by atoms with van der Waals surface area (Å²) in [5.41, 5.74) is 0.123. The van der Waals surface area contributed by atoms with Gasteiger partial charge in [-0.05, 0) is 12.1 Å². The van der Waals surface area contributed by atoms with Crippen LogP contribution in [0.15, 0.2) is 24.3 Å². The van der Waals surface area contributed by atoms with E-state index in [4.69, 9.17) is 6.42 Å². The standard InChI is InChI=1S/C11H9FO/c1-2-3-8-11(13)9-6-4-5-7-10(9)12/h1,4-7H,3,8H2. The van der Waals surface area contributed by atoms with Crippen LogP contribution in [0.3, 0.4) is 0 Å². The third kappa shape index (κ3) is 2.41. The molecule has 0 unspecified atom stereocenters. The summed E-state index contributed by atoms with van der Waals surface area (Å²) < 4.78 is 13.0. The Hall–Kier alpha value is -1.62. The highest BCUT2D eigenvalue weighted by Crippen LogP contribution is 2.09. The second-order valence-corrected chi connectivity index (χ2v) is 2.61. The quantitative estimate of drug-likeness (QED) is 0.510. The summed E-state index contributed by atoms with van der Waals surface area (Å²) >= 11 is 0. The molecule has 2 heteroatoms. The number of terminal acetylenes is 1. The fourth-order valence-electron chi connectivity index (χ4n) is 1.01. The van der Waals surface area contributed by atoms with Crippen molar-refractivity contribution >= 4 is 5.78 Å². The molecule has 0 atom stereocenters. The van der Waals surface area contributed by atoms with Crippen molar-refractivity contribution in [3.63, 3.8) is 0 Å². The predicted octanol–water partition coefficient (Wildman–Crippen LogP) is 2.42. The van der Waals surface area contributed by atoms with Crippen LogP contribution in [0.4, 0.5) is 4.39 Å². The molecule has 0 bridgehead atoms. The molecule has 0 radical (unpaired) electrons. The monoisotopic (exact) mass is 176 g/mol. The smallest absolute Gasteiger partial charge is 0.166 e. The molecule has 1 aromatic carbocycles. The molecule has 1 nitrogen and oxygen atoms in total. The Morgan fingerprint density at radius 1 is 1.46 bits per heavy atom. The molecule has 0 amide bonds. The molecular formula is C11H9FO. The van der Waals surface area contributed by atoms with Crippen molar-refractivity contribution in [1.29, 1.82) is 0 Å². The first-order chi connectivity index (χ1) is 6.25. The largest absolute Gasteiger partial charge is 0.294 e. The molecule has 0 N–H and O–H groups in total. The van der Waals surface area contributed by atoms with Gasteiger partial charge in [0.2, 0.25) is 0 Å². The highest BCUT2D eigenvalue weighted by atomic mass is 19.1. The molecule has 0 aromatic heterocycles. The minimum atomic E-state index is -0.482. The van der Waals surface area contributed by atoms with Crippen molar-refractivity contribution in [2.45, 2.75) is 12.8 Å². The van der Waals surface area contributed by atoms with Gasteiger partial charge in [0.15, 0.2) is 5.78 Å². The average molecular weight is 176 g/mol. The SMILES string of the molecule is C#CCCC(=O)c1ccccc1F. The molecule has 0 aliphatic carbocycles. The Morgan fingerprint density at radius 2 is 2.15 bits per heavy atom. The molecule has 0 spiro atoms. The molecule has 0 aliphatic rings. The highest BCUT2D eigenvalue weighted by molar-refractivity contribution is 5.96. The van der Waals surface area contributed by atoms with Crippen molar-refractivity contribution in [1.82, 2.24) is 0 Å². The van der Waals surface area contributed by atoms with Crippen molar-refractivity contribution in [3.8, 4) is 12.3 Å². The Kier molecular flexibility index (Phi) is 3.22. The zero-order valence-corrected chi connectivity index (χ0v) is 7.09. The van der Waals surface area contributed by atoms with Gasteiger partial charge in [-0.2, -0.15) is 0 Å². The van der Waals surface area contributed by atoms with E-state index in [2.05, 4.69) is 5.92 Å². The van der Waals surface area contributed by atoms with Gasteiger partial charge in [0.25, 0.3) is 0 Å². The summed E-state index contributed by atoms with van der Waals surface area (Å²) in [5, 5.41) is 0.